The second kappa shape index (κ2) is 3.58. The number of benzene rings is 1. The highest BCUT2D eigenvalue weighted by Gasteiger charge is 2.35. The Balaban J connectivity index is 2.05. The van der Waals surface area contributed by atoms with Crippen molar-refractivity contribution in [2.24, 2.45) is 5.92 Å². The van der Waals surface area contributed by atoms with Crippen LogP contribution in [-0.2, 0) is 6.42 Å². The summed E-state index contributed by atoms with van der Waals surface area (Å²) in [6.07, 6.45) is 6.34. The van der Waals surface area contributed by atoms with Crippen LogP contribution in [-0.4, -0.2) is 0 Å². The van der Waals surface area contributed by atoms with E-state index in [9.17, 15) is 4.39 Å². The zero-order valence-electron chi connectivity index (χ0n) is 8.60. The van der Waals surface area contributed by atoms with Crippen LogP contribution >= 0.6 is 15.9 Å². The van der Waals surface area contributed by atoms with Gasteiger partial charge in [-0.25, -0.2) is 4.39 Å². The van der Waals surface area contributed by atoms with E-state index in [1.807, 2.05) is 6.07 Å². The Morgan fingerprint density at radius 2 is 2.00 bits per heavy atom. The van der Waals surface area contributed by atoms with Crippen molar-refractivity contribution in [2.45, 2.75) is 38.0 Å². The van der Waals surface area contributed by atoms with Gasteiger partial charge in [0.1, 0.15) is 5.82 Å². The number of hydrogen-bond donors (Lipinski definition) is 0. The SMILES string of the molecule is Fc1cc2c(cc1Br)C(C1CC1)CCC2. The van der Waals surface area contributed by atoms with E-state index in [0.29, 0.717) is 10.4 Å². The van der Waals surface area contributed by atoms with Gasteiger partial charge in [0.25, 0.3) is 0 Å². The maximum absolute atomic E-state index is 13.4. The van der Waals surface area contributed by atoms with Crippen LogP contribution in [0.15, 0.2) is 16.6 Å². The summed E-state index contributed by atoms with van der Waals surface area (Å²) in [5.74, 6) is 1.50. The molecule has 1 fully saturated rings. The summed E-state index contributed by atoms with van der Waals surface area (Å²) >= 11 is 3.30. The molecular weight excluding hydrogens is 255 g/mol. The highest BCUT2D eigenvalue weighted by Crippen LogP contribution is 2.48. The predicted octanol–water partition coefficient (Wildman–Crippen LogP) is 4.42. The van der Waals surface area contributed by atoms with Crippen molar-refractivity contribution in [1.82, 2.24) is 0 Å². The molecule has 2 heteroatoms. The lowest BCUT2D eigenvalue weighted by Gasteiger charge is -2.25. The normalized spacial score (nSPS) is 25.1. The lowest BCUT2D eigenvalue weighted by molar-refractivity contribution is 0.499. The molecule has 0 radical (unpaired) electrons. The standard InChI is InChI=1S/C13H14BrF/c14-12-7-11-9(6-13(12)15)2-1-3-10(11)8-4-5-8/h6-8,10H,1-5H2. The van der Waals surface area contributed by atoms with E-state index in [1.54, 1.807) is 6.07 Å². The van der Waals surface area contributed by atoms with Gasteiger partial charge in [0.2, 0.25) is 0 Å². The Morgan fingerprint density at radius 1 is 1.20 bits per heavy atom. The van der Waals surface area contributed by atoms with Crippen molar-refractivity contribution in [2.75, 3.05) is 0 Å². The lowest BCUT2D eigenvalue weighted by Crippen LogP contribution is -2.12. The third kappa shape index (κ3) is 1.73. The molecule has 15 heavy (non-hydrogen) atoms. The molecule has 0 heterocycles. The first-order chi connectivity index (χ1) is 7.25. The average Bonchev–Trinajstić information content (AvgIpc) is 3.02. The number of halogens is 2. The van der Waals surface area contributed by atoms with Gasteiger partial charge in [-0.05, 0) is 83.1 Å². The first-order valence-corrected chi connectivity index (χ1v) is 6.53. The quantitative estimate of drug-likeness (QED) is 0.708. The van der Waals surface area contributed by atoms with Gasteiger partial charge in [-0.15, -0.1) is 0 Å². The minimum Gasteiger partial charge on any atom is -0.206 e. The zero-order valence-corrected chi connectivity index (χ0v) is 10.2. The Bertz CT molecular complexity index is 396. The topological polar surface area (TPSA) is 0 Å². The second-order valence-electron chi connectivity index (χ2n) is 4.80. The highest BCUT2D eigenvalue weighted by molar-refractivity contribution is 9.10. The smallest absolute Gasteiger partial charge is 0.137 e. The van der Waals surface area contributed by atoms with Crippen molar-refractivity contribution >= 4 is 15.9 Å². The summed E-state index contributed by atoms with van der Waals surface area (Å²) in [4.78, 5) is 0. The van der Waals surface area contributed by atoms with E-state index >= 15 is 0 Å². The van der Waals surface area contributed by atoms with Crippen molar-refractivity contribution in [3.63, 3.8) is 0 Å². The van der Waals surface area contributed by atoms with Crippen LogP contribution in [0, 0.1) is 11.7 Å². The molecule has 1 atom stereocenters. The van der Waals surface area contributed by atoms with Gasteiger partial charge >= 0.3 is 0 Å². The molecule has 2 aliphatic carbocycles. The fourth-order valence-corrected chi connectivity index (χ4v) is 3.18. The Kier molecular flexibility index (Phi) is 2.35. The Hall–Kier alpha value is -0.370. The molecule has 1 unspecified atom stereocenters. The van der Waals surface area contributed by atoms with Crippen LogP contribution < -0.4 is 0 Å². The number of hydrogen-bond acceptors (Lipinski definition) is 0. The van der Waals surface area contributed by atoms with E-state index in [2.05, 4.69) is 15.9 Å². The maximum atomic E-state index is 13.4. The van der Waals surface area contributed by atoms with E-state index in [0.717, 1.165) is 12.3 Å². The Morgan fingerprint density at radius 3 is 2.73 bits per heavy atom. The molecular formula is C13H14BrF. The van der Waals surface area contributed by atoms with E-state index in [4.69, 9.17) is 0 Å². The lowest BCUT2D eigenvalue weighted by atomic mass is 9.80. The fourth-order valence-electron chi connectivity index (χ4n) is 2.82. The van der Waals surface area contributed by atoms with Crippen LogP contribution in [0.25, 0.3) is 0 Å². The van der Waals surface area contributed by atoms with Crippen LogP contribution in [0.2, 0.25) is 0 Å². The molecule has 1 aromatic rings. The second-order valence-corrected chi connectivity index (χ2v) is 5.66. The van der Waals surface area contributed by atoms with Gasteiger partial charge in [0.15, 0.2) is 0 Å². The van der Waals surface area contributed by atoms with Crippen molar-refractivity contribution in [3.05, 3.63) is 33.5 Å². The summed E-state index contributed by atoms with van der Waals surface area (Å²) in [5, 5.41) is 0. The van der Waals surface area contributed by atoms with Crippen molar-refractivity contribution in [3.8, 4) is 0 Å². The molecule has 0 spiro atoms. The van der Waals surface area contributed by atoms with Crippen LogP contribution in [0.3, 0.4) is 0 Å². The molecule has 0 aromatic heterocycles. The third-order valence-corrected chi connectivity index (χ3v) is 4.34. The predicted molar refractivity (Wildman–Crippen MR) is 62.5 cm³/mol. The van der Waals surface area contributed by atoms with Crippen molar-refractivity contribution < 1.29 is 4.39 Å². The van der Waals surface area contributed by atoms with Gasteiger partial charge in [-0.2, -0.15) is 0 Å². The van der Waals surface area contributed by atoms with E-state index in [-0.39, 0.29) is 5.82 Å². The molecule has 1 aromatic carbocycles. The fraction of sp³-hybridized carbons (Fsp3) is 0.538. The molecule has 2 aliphatic rings. The van der Waals surface area contributed by atoms with Gasteiger partial charge in [-0.1, -0.05) is 0 Å². The molecule has 0 N–H and O–H groups in total. The van der Waals surface area contributed by atoms with Crippen LogP contribution in [0.4, 0.5) is 4.39 Å². The molecule has 1 saturated carbocycles. The molecule has 0 nitrogen and oxygen atoms in total. The minimum absolute atomic E-state index is 0.106. The van der Waals surface area contributed by atoms with Gasteiger partial charge in [-0.3, -0.25) is 0 Å². The average molecular weight is 269 g/mol. The summed E-state index contributed by atoms with van der Waals surface area (Å²) in [6, 6.07) is 3.75. The maximum Gasteiger partial charge on any atom is 0.137 e. The molecule has 0 aliphatic heterocycles. The molecule has 0 bridgehead atoms. The zero-order chi connectivity index (χ0) is 10.4. The first-order valence-electron chi connectivity index (χ1n) is 5.73. The summed E-state index contributed by atoms with van der Waals surface area (Å²) in [6.45, 7) is 0. The van der Waals surface area contributed by atoms with Gasteiger partial charge < -0.3 is 0 Å². The molecule has 3 rings (SSSR count). The number of fused-ring (bicyclic) bond motifs is 1. The van der Waals surface area contributed by atoms with Gasteiger partial charge in [0.05, 0.1) is 4.47 Å². The third-order valence-electron chi connectivity index (χ3n) is 3.73. The van der Waals surface area contributed by atoms with E-state index in [1.165, 1.54) is 36.8 Å². The number of aryl methyl sites for hydroxylation is 1. The van der Waals surface area contributed by atoms with Gasteiger partial charge in [0, 0.05) is 0 Å². The van der Waals surface area contributed by atoms with Crippen LogP contribution in [0.1, 0.15) is 42.7 Å². The summed E-state index contributed by atoms with van der Waals surface area (Å²) in [7, 11) is 0. The number of rotatable bonds is 1. The monoisotopic (exact) mass is 268 g/mol. The molecule has 0 amide bonds. The summed E-state index contributed by atoms with van der Waals surface area (Å²) in [5.41, 5.74) is 2.66. The van der Waals surface area contributed by atoms with Crippen molar-refractivity contribution in [1.29, 1.82) is 0 Å². The molecule has 0 saturated heterocycles. The largest absolute Gasteiger partial charge is 0.206 e. The molecule has 80 valence electrons. The minimum atomic E-state index is -0.106. The van der Waals surface area contributed by atoms with Crippen LogP contribution in [0.5, 0.6) is 0 Å². The highest BCUT2D eigenvalue weighted by atomic mass is 79.9. The Labute approximate surface area is 98.0 Å². The first kappa shape index (κ1) is 9.83. The summed E-state index contributed by atoms with van der Waals surface area (Å²) < 4.78 is 14.0. The van der Waals surface area contributed by atoms with E-state index < -0.39 is 0 Å².